The highest BCUT2D eigenvalue weighted by Crippen LogP contribution is 2.18. The molecule has 0 aromatic heterocycles. The van der Waals surface area contributed by atoms with E-state index in [1.807, 2.05) is 13.8 Å². The van der Waals surface area contributed by atoms with Crippen molar-refractivity contribution in [3.63, 3.8) is 0 Å². The van der Waals surface area contributed by atoms with Crippen molar-refractivity contribution in [3.05, 3.63) is 0 Å². The van der Waals surface area contributed by atoms with Crippen molar-refractivity contribution in [2.24, 2.45) is 0 Å². The molecule has 0 spiro atoms. The molecule has 1 amide bonds. The smallest absolute Gasteiger partial charge is 0.221 e. The van der Waals surface area contributed by atoms with Gasteiger partial charge in [-0.05, 0) is 26.2 Å². The molecule has 4 heteroatoms. The van der Waals surface area contributed by atoms with Crippen LogP contribution in [0.15, 0.2) is 0 Å². The molecule has 0 saturated heterocycles. The Kier molecular flexibility index (Phi) is 4.54. The van der Waals surface area contributed by atoms with Gasteiger partial charge in [-0.3, -0.25) is 4.79 Å². The molecule has 0 radical (unpaired) electrons. The normalized spacial score (nSPS) is 19.7. The van der Waals surface area contributed by atoms with Crippen molar-refractivity contribution < 1.29 is 9.90 Å². The molecule has 0 aliphatic heterocycles. The lowest BCUT2D eigenvalue weighted by atomic mass is 10.0. The number of hydrogen-bond donors (Lipinski definition) is 3. The van der Waals surface area contributed by atoms with Gasteiger partial charge in [-0.1, -0.05) is 6.92 Å². The van der Waals surface area contributed by atoms with E-state index >= 15 is 0 Å². The molecule has 4 nitrogen and oxygen atoms in total. The van der Waals surface area contributed by atoms with Crippen molar-refractivity contribution in [2.45, 2.75) is 51.1 Å². The SMILES string of the molecule is CCC(C)(CO)NC(=O)CCNC1CC1. The summed E-state index contributed by atoms with van der Waals surface area (Å²) in [4.78, 5) is 11.5. The fraction of sp³-hybridized carbons (Fsp3) is 0.909. The summed E-state index contributed by atoms with van der Waals surface area (Å²) < 4.78 is 0. The van der Waals surface area contributed by atoms with E-state index in [9.17, 15) is 4.79 Å². The number of aliphatic hydroxyl groups is 1. The standard InChI is InChI=1S/C11H22N2O2/c1-3-11(2,8-14)13-10(15)6-7-12-9-4-5-9/h9,12,14H,3-8H2,1-2H3,(H,13,15). The average molecular weight is 214 g/mol. The Morgan fingerprint density at radius 1 is 1.53 bits per heavy atom. The van der Waals surface area contributed by atoms with E-state index in [1.165, 1.54) is 12.8 Å². The van der Waals surface area contributed by atoms with Gasteiger partial charge in [-0.25, -0.2) is 0 Å². The van der Waals surface area contributed by atoms with Crippen LogP contribution in [0.4, 0.5) is 0 Å². The van der Waals surface area contributed by atoms with Crippen LogP contribution in [-0.2, 0) is 4.79 Å². The molecule has 1 saturated carbocycles. The van der Waals surface area contributed by atoms with Crippen LogP contribution in [0, 0.1) is 0 Å². The quantitative estimate of drug-likeness (QED) is 0.575. The number of aliphatic hydroxyl groups excluding tert-OH is 1. The Morgan fingerprint density at radius 3 is 2.67 bits per heavy atom. The van der Waals surface area contributed by atoms with Crippen LogP contribution >= 0.6 is 0 Å². The number of carbonyl (C=O) groups is 1. The van der Waals surface area contributed by atoms with E-state index in [1.54, 1.807) is 0 Å². The maximum Gasteiger partial charge on any atom is 0.221 e. The summed E-state index contributed by atoms with van der Waals surface area (Å²) in [6, 6.07) is 0.646. The Labute approximate surface area is 91.4 Å². The molecule has 1 unspecified atom stereocenters. The van der Waals surface area contributed by atoms with Crippen LogP contribution in [0.25, 0.3) is 0 Å². The Morgan fingerprint density at radius 2 is 2.20 bits per heavy atom. The third kappa shape index (κ3) is 4.62. The predicted molar refractivity (Wildman–Crippen MR) is 59.6 cm³/mol. The monoisotopic (exact) mass is 214 g/mol. The maximum absolute atomic E-state index is 11.5. The van der Waals surface area contributed by atoms with Gasteiger partial charge in [0, 0.05) is 19.0 Å². The largest absolute Gasteiger partial charge is 0.394 e. The number of rotatable bonds is 7. The molecule has 0 aromatic rings. The second-order valence-electron chi connectivity index (χ2n) is 4.60. The molecule has 0 heterocycles. The van der Waals surface area contributed by atoms with Gasteiger partial charge in [-0.15, -0.1) is 0 Å². The number of nitrogens with one attached hydrogen (secondary N) is 2. The van der Waals surface area contributed by atoms with Crippen LogP contribution in [0.5, 0.6) is 0 Å². The van der Waals surface area contributed by atoms with Crippen LogP contribution < -0.4 is 10.6 Å². The van der Waals surface area contributed by atoms with Crippen LogP contribution in [-0.4, -0.2) is 35.7 Å². The number of hydrogen-bond acceptors (Lipinski definition) is 3. The highest BCUT2D eigenvalue weighted by atomic mass is 16.3. The van der Waals surface area contributed by atoms with E-state index in [-0.39, 0.29) is 12.5 Å². The number of carbonyl (C=O) groups excluding carboxylic acids is 1. The third-order valence-corrected chi connectivity index (χ3v) is 2.93. The van der Waals surface area contributed by atoms with E-state index in [4.69, 9.17) is 5.11 Å². The molecule has 1 fully saturated rings. The van der Waals surface area contributed by atoms with Gasteiger partial charge in [0.25, 0.3) is 0 Å². The average Bonchev–Trinajstić information content (AvgIpc) is 3.01. The second-order valence-corrected chi connectivity index (χ2v) is 4.60. The molecule has 0 aromatic carbocycles. The summed E-state index contributed by atoms with van der Waals surface area (Å²) in [7, 11) is 0. The van der Waals surface area contributed by atoms with Crippen molar-refractivity contribution in [1.29, 1.82) is 0 Å². The minimum absolute atomic E-state index is 0.00864. The van der Waals surface area contributed by atoms with Gasteiger partial charge in [0.05, 0.1) is 12.1 Å². The Bertz CT molecular complexity index is 211. The van der Waals surface area contributed by atoms with Crippen molar-refractivity contribution in [1.82, 2.24) is 10.6 Å². The van der Waals surface area contributed by atoms with Gasteiger partial charge >= 0.3 is 0 Å². The molecule has 3 N–H and O–H groups in total. The lowest BCUT2D eigenvalue weighted by Crippen LogP contribution is -2.48. The predicted octanol–water partition coefficient (Wildman–Crippen LogP) is 0.406. The fourth-order valence-electron chi connectivity index (χ4n) is 1.32. The van der Waals surface area contributed by atoms with Gasteiger partial charge in [0.1, 0.15) is 0 Å². The minimum Gasteiger partial charge on any atom is -0.394 e. The summed E-state index contributed by atoms with van der Waals surface area (Å²) in [5, 5.41) is 15.3. The maximum atomic E-state index is 11.5. The summed E-state index contributed by atoms with van der Waals surface area (Å²) in [6.45, 7) is 4.55. The Balaban J connectivity index is 2.15. The van der Waals surface area contributed by atoms with E-state index in [2.05, 4.69) is 10.6 Å². The zero-order chi connectivity index (χ0) is 11.3. The summed E-state index contributed by atoms with van der Waals surface area (Å²) in [6.07, 6.45) is 3.72. The topological polar surface area (TPSA) is 61.4 Å². The summed E-state index contributed by atoms with van der Waals surface area (Å²) in [5.74, 6) is 0.0153. The summed E-state index contributed by atoms with van der Waals surface area (Å²) >= 11 is 0. The van der Waals surface area contributed by atoms with Crippen LogP contribution in [0.2, 0.25) is 0 Å². The van der Waals surface area contributed by atoms with Crippen LogP contribution in [0.1, 0.15) is 39.5 Å². The molecule has 1 atom stereocenters. The van der Waals surface area contributed by atoms with Gasteiger partial charge < -0.3 is 15.7 Å². The molecule has 88 valence electrons. The van der Waals surface area contributed by atoms with Crippen molar-refractivity contribution in [3.8, 4) is 0 Å². The van der Waals surface area contributed by atoms with Gasteiger partial charge in [-0.2, -0.15) is 0 Å². The zero-order valence-electron chi connectivity index (χ0n) is 9.68. The number of amides is 1. The van der Waals surface area contributed by atoms with E-state index < -0.39 is 5.54 Å². The van der Waals surface area contributed by atoms with Gasteiger partial charge in [0.15, 0.2) is 0 Å². The highest BCUT2D eigenvalue weighted by Gasteiger charge is 2.24. The summed E-state index contributed by atoms with van der Waals surface area (Å²) in [5.41, 5.74) is -0.462. The lowest BCUT2D eigenvalue weighted by molar-refractivity contribution is -0.123. The molecule has 1 rings (SSSR count). The Hall–Kier alpha value is -0.610. The van der Waals surface area contributed by atoms with Crippen LogP contribution in [0.3, 0.4) is 0 Å². The third-order valence-electron chi connectivity index (χ3n) is 2.93. The van der Waals surface area contributed by atoms with Crippen molar-refractivity contribution >= 4 is 5.91 Å². The molecule has 15 heavy (non-hydrogen) atoms. The molecule has 1 aliphatic rings. The first kappa shape index (κ1) is 12.5. The zero-order valence-corrected chi connectivity index (χ0v) is 9.68. The first-order valence-electron chi connectivity index (χ1n) is 5.75. The second kappa shape index (κ2) is 5.47. The minimum atomic E-state index is -0.462. The molecule has 1 aliphatic carbocycles. The molecular formula is C11H22N2O2. The fourth-order valence-corrected chi connectivity index (χ4v) is 1.32. The van der Waals surface area contributed by atoms with Gasteiger partial charge in [0.2, 0.25) is 5.91 Å². The first-order chi connectivity index (χ1) is 7.09. The van der Waals surface area contributed by atoms with E-state index in [0.29, 0.717) is 12.5 Å². The van der Waals surface area contributed by atoms with E-state index in [0.717, 1.165) is 13.0 Å². The molecular weight excluding hydrogens is 192 g/mol. The molecule has 0 bridgehead atoms. The lowest BCUT2D eigenvalue weighted by Gasteiger charge is -2.27. The van der Waals surface area contributed by atoms with Crippen molar-refractivity contribution in [2.75, 3.05) is 13.2 Å². The highest BCUT2D eigenvalue weighted by molar-refractivity contribution is 5.76. The first-order valence-corrected chi connectivity index (χ1v) is 5.75.